The second kappa shape index (κ2) is 8.80. The van der Waals surface area contributed by atoms with Crippen LogP contribution in [-0.2, 0) is 14.8 Å². The van der Waals surface area contributed by atoms with E-state index in [-0.39, 0.29) is 17.2 Å². The lowest BCUT2D eigenvalue weighted by molar-refractivity contribution is -0.115. The number of rotatable bonds is 7. The van der Waals surface area contributed by atoms with Crippen LogP contribution in [0.25, 0.3) is 0 Å². The van der Waals surface area contributed by atoms with Crippen LogP contribution < -0.4 is 5.32 Å². The Morgan fingerprint density at radius 2 is 2.00 bits per heavy atom. The van der Waals surface area contributed by atoms with Crippen LogP contribution in [0.3, 0.4) is 0 Å². The Morgan fingerprint density at radius 3 is 2.62 bits per heavy atom. The number of thioether (sulfide) groups is 1. The highest BCUT2D eigenvalue weighted by Crippen LogP contribution is 2.20. The number of hydrogen-bond donors (Lipinski definition) is 1. The molecule has 7 nitrogen and oxygen atoms in total. The van der Waals surface area contributed by atoms with Crippen molar-refractivity contribution in [3.63, 3.8) is 0 Å². The monoisotopic (exact) mass is 390 g/mol. The summed E-state index contributed by atoms with van der Waals surface area (Å²) < 4.78 is 25.1. The normalized spacial score (nSPS) is 11.2. The number of carbonyl (C=O) groups excluding carboxylic acids is 1. The van der Waals surface area contributed by atoms with Gasteiger partial charge < -0.3 is 5.32 Å². The van der Waals surface area contributed by atoms with Crippen LogP contribution in [0.1, 0.15) is 12.0 Å². The molecule has 0 spiro atoms. The first-order valence-corrected chi connectivity index (χ1v) is 10.1. The molecule has 2 aromatic rings. The number of benzene rings is 1. The fourth-order valence-corrected chi connectivity index (χ4v) is 3.60. The summed E-state index contributed by atoms with van der Waals surface area (Å²) >= 11 is 1.35. The highest BCUT2D eigenvalue weighted by Gasteiger charge is 2.17. The molecule has 0 radical (unpaired) electrons. The minimum absolute atomic E-state index is 0.123. The Hall–Kier alpha value is -2.41. The van der Waals surface area contributed by atoms with E-state index >= 15 is 0 Å². The Morgan fingerprint density at radius 1 is 1.27 bits per heavy atom. The van der Waals surface area contributed by atoms with Crippen molar-refractivity contribution in [2.75, 3.05) is 25.2 Å². The molecular weight excluding hydrogens is 372 g/mol. The topological polar surface area (TPSA) is 103 Å². The summed E-state index contributed by atoms with van der Waals surface area (Å²) in [5.41, 5.74) is 0.897. The van der Waals surface area contributed by atoms with Crippen molar-refractivity contribution in [1.82, 2.24) is 9.29 Å². The first-order chi connectivity index (χ1) is 12.3. The van der Waals surface area contributed by atoms with Crippen molar-refractivity contribution in [3.05, 3.63) is 48.2 Å². The van der Waals surface area contributed by atoms with E-state index in [1.165, 1.54) is 38.1 Å². The molecule has 1 N–H and O–H groups in total. The molecule has 0 atom stereocenters. The Bertz CT molecular complexity index is 920. The zero-order valence-electron chi connectivity index (χ0n) is 14.3. The lowest BCUT2D eigenvalue weighted by Crippen LogP contribution is -2.22. The lowest BCUT2D eigenvalue weighted by Gasteiger charge is -2.11. The molecule has 26 heavy (non-hydrogen) atoms. The molecule has 0 aliphatic heterocycles. The van der Waals surface area contributed by atoms with Crippen molar-refractivity contribution in [2.45, 2.75) is 16.3 Å². The largest absolute Gasteiger partial charge is 0.325 e. The summed E-state index contributed by atoms with van der Waals surface area (Å²) in [7, 11) is -0.579. The van der Waals surface area contributed by atoms with Gasteiger partial charge in [0.1, 0.15) is 11.0 Å². The number of aromatic nitrogens is 1. The number of hydrogen-bond acceptors (Lipinski definition) is 6. The molecule has 0 bridgehead atoms. The highest BCUT2D eigenvalue weighted by molar-refractivity contribution is 7.99. The van der Waals surface area contributed by atoms with Crippen molar-refractivity contribution in [1.29, 1.82) is 5.26 Å². The number of para-hydroxylation sites is 1. The number of amides is 1. The van der Waals surface area contributed by atoms with Gasteiger partial charge in [0.15, 0.2) is 0 Å². The Kier molecular flexibility index (Phi) is 6.74. The summed E-state index contributed by atoms with van der Waals surface area (Å²) in [6.45, 7) is 0. The van der Waals surface area contributed by atoms with Crippen LogP contribution in [0, 0.1) is 11.3 Å². The molecule has 1 aromatic carbocycles. The van der Waals surface area contributed by atoms with Crippen LogP contribution in [0.15, 0.2) is 52.5 Å². The van der Waals surface area contributed by atoms with Gasteiger partial charge in [-0.25, -0.2) is 17.7 Å². The summed E-state index contributed by atoms with van der Waals surface area (Å²) in [6.07, 6.45) is 1.55. The molecule has 0 unspecified atom stereocenters. The van der Waals surface area contributed by atoms with Gasteiger partial charge in [0.05, 0.1) is 16.3 Å². The first kappa shape index (κ1) is 19.9. The second-order valence-electron chi connectivity index (χ2n) is 5.42. The molecule has 0 aliphatic rings. The van der Waals surface area contributed by atoms with Gasteiger partial charge >= 0.3 is 0 Å². The lowest BCUT2D eigenvalue weighted by atomic mass is 10.2. The minimum atomic E-state index is -3.50. The molecule has 136 valence electrons. The Balaban J connectivity index is 1.88. The quantitative estimate of drug-likeness (QED) is 0.728. The van der Waals surface area contributed by atoms with Gasteiger partial charge in [-0.3, -0.25) is 4.79 Å². The van der Waals surface area contributed by atoms with E-state index in [1.807, 2.05) is 6.07 Å². The highest BCUT2D eigenvalue weighted by atomic mass is 32.2. The number of pyridine rings is 1. The van der Waals surface area contributed by atoms with Crippen LogP contribution in [0.4, 0.5) is 5.69 Å². The van der Waals surface area contributed by atoms with E-state index < -0.39 is 10.0 Å². The smallest absolute Gasteiger partial charge is 0.244 e. The molecule has 9 heteroatoms. The van der Waals surface area contributed by atoms with E-state index in [9.17, 15) is 13.2 Å². The second-order valence-corrected chi connectivity index (χ2v) is 8.69. The number of sulfonamides is 1. The van der Waals surface area contributed by atoms with Crippen molar-refractivity contribution in [2.24, 2.45) is 0 Å². The molecule has 1 amide bonds. The summed E-state index contributed by atoms with van der Waals surface area (Å²) in [4.78, 5) is 16.2. The van der Waals surface area contributed by atoms with Gasteiger partial charge in [0.2, 0.25) is 15.9 Å². The molecule has 1 aromatic heterocycles. The van der Waals surface area contributed by atoms with Crippen molar-refractivity contribution >= 4 is 33.4 Å². The minimum Gasteiger partial charge on any atom is -0.325 e. The predicted octanol–water partition coefficient (Wildman–Crippen LogP) is 2.32. The van der Waals surface area contributed by atoms with Gasteiger partial charge in [-0.2, -0.15) is 5.26 Å². The van der Waals surface area contributed by atoms with E-state index in [4.69, 9.17) is 5.26 Å². The van der Waals surface area contributed by atoms with Crippen LogP contribution in [0.5, 0.6) is 0 Å². The van der Waals surface area contributed by atoms with Crippen LogP contribution in [-0.4, -0.2) is 43.5 Å². The van der Waals surface area contributed by atoms with E-state index in [1.54, 1.807) is 30.3 Å². The van der Waals surface area contributed by atoms with Crippen LogP contribution in [0.2, 0.25) is 0 Å². The Labute approximate surface area is 157 Å². The van der Waals surface area contributed by atoms with E-state index in [0.29, 0.717) is 22.0 Å². The average Bonchev–Trinajstić information content (AvgIpc) is 2.62. The first-order valence-electron chi connectivity index (χ1n) is 7.65. The van der Waals surface area contributed by atoms with Gasteiger partial charge in [-0.1, -0.05) is 12.1 Å². The summed E-state index contributed by atoms with van der Waals surface area (Å²) in [6, 6.07) is 11.9. The third-order valence-electron chi connectivity index (χ3n) is 3.39. The molecule has 2 rings (SSSR count). The fourth-order valence-electron chi connectivity index (χ4n) is 1.97. The van der Waals surface area contributed by atoms with Gasteiger partial charge in [0.25, 0.3) is 0 Å². The maximum atomic E-state index is 12.0. The molecule has 0 fully saturated rings. The molecular formula is C17H18N4O3S2. The number of nitriles is 1. The number of carbonyl (C=O) groups is 1. The standard InChI is InChI=1S/C17H18N4O3S2/c1-21(2)26(23,24)14-7-8-17(19-12-14)25-10-9-16(22)20-15-6-4-3-5-13(15)11-18/h3-8,12H,9-10H2,1-2H3,(H,20,22). The van der Waals surface area contributed by atoms with Gasteiger partial charge in [-0.15, -0.1) is 11.8 Å². The number of anilines is 1. The van der Waals surface area contributed by atoms with Gasteiger partial charge in [-0.05, 0) is 24.3 Å². The van der Waals surface area contributed by atoms with Crippen LogP contribution >= 0.6 is 11.8 Å². The molecule has 0 saturated carbocycles. The molecule has 0 aliphatic carbocycles. The summed E-state index contributed by atoms with van der Waals surface area (Å²) in [5, 5.41) is 12.4. The molecule has 1 heterocycles. The zero-order chi connectivity index (χ0) is 19.2. The third-order valence-corrected chi connectivity index (χ3v) is 6.13. The number of nitrogens with zero attached hydrogens (tertiary/aromatic N) is 3. The number of nitrogens with one attached hydrogen (secondary N) is 1. The maximum absolute atomic E-state index is 12.0. The predicted molar refractivity (Wildman–Crippen MR) is 100 cm³/mol. The SMILES string of the molecule is CN(C)S(=O)(=O)c1ccc(SCCC(=O)Nc2ccccc2C#N)nc1. The average molecular weight is 390 g/mol. The molecule has 0 saturated heterocycles. The fraction of sp³-hybridized carbons (Fsp3) is 0.235. The zero-order valence-corrected chi connectivity index (χ0v) is 16.0. The van der Waals surface area contributed by atoms with Crippen molar-refractivity contribution in [3.8, 4) is 6.07 Å². The maximum Gasteiger partial charge on any atom is 0.244 e. The van der Waals surface area contributed by atoms with E-state index in [0.717, 1.165) is 4.31 Å². The van der Waals surface area contributed by atoms with Gasteiger partial charge in [0, 0.05) is 32.5 Å². The van der Waals surface area contributed by atoms with E-state index in [2.05, 4.69) is 10.3 Å². The third kappa shape index (κ3) is 5.05. The van der Waals surface area contributed by atoms with Crippen molar-refractivity contribution < 1.29 is 13.2 Å². The summed E-state index contributed by atoms with van der Waals surface area (Å²) in [5.74, 6) is 0.278.